The zero-order valence-corrected chi connectivity index (χ0v) is 17.7. The van der Waals surface area contributed by atoms with Crippen LogP contribution in [-0.2, 0) is 11.3 Å². The molecule has 5 nitrogen and oxygen atoms in total. The van der Waals surface area contributed by atoms with Crippen molar-refractivity contribution in [2.75, 3.05) is 11.1 Å². The maximum absolute atomic E-state index is 12.9. The smallest absolute Gasteiger partial charge is 0.262 e. The Labute approximate surface area is 182 Å². The number of carbonyl (C=O) groups is 1. The monoisotopic (exact) mass is 433 g/mol. The zero-order valence-electron chi connectivity index (χ0n) is 16.1. The van der Waals surface area contributed by atoms with Crippen LogP contribution >= 0.6 is 23.1 Å². The molecular formula is C23H19N3O2S2. The largest absolute Gasteiger partial charge is 0.324 e. The van der Waals surface area contributed by atoms with Gasteiger partial charge in [0.1, 0.15) is 11.4 Å². The van der Waals surface area contributed by atoms with Crippen LogP contribution in [0.4, 0.5) is 5.69 Å². The average molecular weight is 434 g/mol. The van der Waals surface area contributed by atoms with E-state index in [2.05, 4.69) is 16.9 Å². The van der Waals surface area contributed by atoms with Gasteiger partial charge in [0.15, 0.2) is 0 Å². The molecule has 0 spiro atoms. The van der Waals surface area contributed by atoms with Crippen LogP contribution in [-0.4, -0.2) is 21.2 Å². The molecule has 1 N–H and O–H groups in total. The van der Waals surface area contributed by atoms with Crippen molar-refractivity contribution in [2.45, 2.75) is 11.4 Å². The van der Waals surface area contributed by atoms with Crippen LogP contribution in [0.25, 0.3) is 20.7 Å². The van der Waals surface area contributed by atoms with Crippen molar-refractivity contribution < 1.29 is 4.79 Å². The Kier molecular flexibility index (Phi) is 6.11. The summed E-state index contributed by atoms with van der Waals surface area (Å²) in [4.78, 5) is 32.5. The summed E-state index contributed by atoms with van der Waals surface area (Å²) in [5.41, 5.74) is 1.54. The third kappa shape index (κ3) is 4.37. The van der Waals surface area contributed by atoms with Crippen molar-refractivity contribution in [3.63, 3.8) is 0 Å². The normalized spacial score (nSPS) is 10.8. The number of hydrogen-bond acceptors (Lipinski definition) is 5. The fourth-order valence-corrected chi connectivity index (χ4v) is 4.75. The van der Waals surface area contributed by atoms with Crippen molar-refractivity contribution in [2.24, 2.45) is 0 Å². The molecule has 2 heterocycles. The second kappa shape index (κ2) is 9.11. The highest BCUT2D eigenvalue weighted by Gasteiger charge is 2.13. The van der Waals surface area contributed by atoms with Crippen LogP contribution < -0.4 is 10.9 Å². The highest BCUT2D eigenvalue weighted by Crippen LogP contribution is 2.30. The van der Waals surface area contributed by atoms with Gasteiger partial charge >= 0.3 is 0 Å². The molecule has 0 fully saturated rings. The summed E-state index contributed by atoms with van der Waals surface area (Å²) >= 11 is 3.06. The van der Waals surface area contributed by atoms with Gasteiger partial charge in [-0.15, -0.1) is 29.7 Å². The molecule has 0 unspecified atom stereocenters. The first-order valence-corrected chi connectivity index (χ1v) is 11.1. The van der Waals surface area contributed by atoms with Gasteiger partial charge in [0.25, 0.3) is 5.56 Å². The fourth-order valence-electron chi connectivity index (χ4n) is 3.01. The zero-order chi connectivity index (χ0) is 20.9. The van der Waals surface area contributed by atoms with Gasteiger partial charge in [0.05, 0.1) is 17.4 Å². The van der Waals surface area contributed by atoms with E-state index in [0.717, 1.165) is 26.8 Å². The molecule has 0 aliphatic rings. The van der Waals surface area contributed by atoms with Crippen LogP contribution in [0.1, 0.15) is 0 Å². The van der Waals surface area contributed by atoms with Crippen LogP contribution in [0.3, 0.4) is 0 Å². The highest BCUT2D eigenvalue weighted by molar-refractivity contribution is 7.99. The van der Waals surface area contributed by atoms with Crippen LogP contribution in [0, 0.1) is 0 Å². The Balaban J connectivity index is 1.56. The topological polar surface area (TPSA) is 64.0 Å². The van der Waals surface area contributed by atoms with Gasteiger partial charge in [0.2, 0.25) is 5.91 Å². The second-order valence-electron chi connectivity index (χ2n) is 6.52. The van der Waals surface area contributed by atoms with E-state index in [1.807, 2.05) is 66.7 Å². The molecule has 4 rings (SSSR count). The number of benzene rings is 2. The summed E-state index contributed by atoms with van der Waals surface area (Å²) in [6, 6.07) is 19.3. The second-order valence-corrected chi connectivity index (χ2v) is 8.61. The number of fused-ring (bicyclic) bond motifs is 1. The molecule has 0 bridgehead atoms. The number of rotatable bonds is 7. The number of nitrogens with zero attached hydrogens (tertiary/aromatic N) is 2. The van der Waals surface area contributed by atoms with Crippen LogP contribution in [0.5, 0.6) is 0 Å². The van der Waals surface area contributed by atoms with E-state index in [1.165, 1.54) is 22.2 Å². The fraction of sp³-hybridized carbons (Fsp3) is 0.0870. The SMILES string of the molecule is C=CCSc1ccccc1NC(=O)Cn1cnc2sc(-c3ccccc3)cc2c1=O. The molecule has 0 atom stereocenters. The molecule has 0 radical (unpaired) electrons. The molecule has 0 aliphatic carbocycles. The number of aromatic nitrogens is 2. The number of amides is 1. The molecule has 0 saturated carbocycles. The first-order chi connectivity index (χ1) is 14.7. The lowest BCUT2D eigenvalue weighted by molar-refractivity contribution is -0.116. The number of thiophene rings is 1. The molecule has 2 aromatic carbocycles. The Morgan fingerprint density at radius 2 is 1.93 bits per heavy atom. The number of nitrogens with one attached hydrogen (secondary N) is 1. The summed E-state index contributed by atoms with van der Waals surface area (Å²) in [5.74, 6) is 0.470. The van der Waals surface area contributed by atoms with Crippen molar-refractivity contribution in [3.8, 4) is 10.4 Å². The van der Waals surface area contributed by atoms with E-state index in [-0.39, 0.29) is 18.0 Å². The molecule has 150 valence electrons. The minimum atomic E-state index is -0.275. The molecule has 0 aliphatic heterocycles. The summed E-state index contributed by atoms with van der Waals surface area (Å²) in [7, 11) is 0. The van der Waals surface area contributed by atoms with Gasteiger partial charge < -0.3 is 5.32 Å². The number of hydrogen-bond donors (Lipinski definition) is 1. The highest BCUT2D eigenvalue weighted by atomic mass is 32.2. The van der Waals surface area contributed by atoms with Crippen molar-refractivity contribution in [1.82, 2.24) is 9.55 Å². The van der Waals surface area contributed by atoms with Crippen molar-refractivity contribution in [1.29, 1.82) is 0 Å². The van der Waals surface area contributed by atoms with Crippen LogP contribution in [0.15, 0.2) is 89.3 Å². The number of thioether (sulfide) groups is 1. The lowest BCUT2D eigenvalue weighted by atomic mass is 10.2. The lowest BCUT2D eigenvalue weighted by Gasteiger charge is -2.11. The maximum atomic E-state index is 12.9. The maximum Gasteiger partial charge on any atom is 0.262 e. The molecule has 7 heteroatoms. The minimum absolute atomic E-state index is 0.0985. The average Bonchev–Trinajstić information content (AvgIpc) is 3.21. The van der Waals surface area contributed by atoms with E-state index in [1.54, 1.807) is 11.8 Å². The van der Waals surface area contributed by atoms with Gasteiger partial charge in [0, 0.05) is 15.5 Å². The molecule has 0 saturated heterocycles. The summed E-state index contributed by atoms with van der Waals surface area (Å²) in [6.45, 7) is 3.63. The van der Waals surface area contributed by atoms with Gasteiger partial charge in [-0.25, -0.2) is 4.98 Å². The standard InChI is InChI=1S/C23H19N3O2S2/c1-2-12-29-19-11-7-6-10-18(19)25-21(27)14-26-15-24-22-17(23(26)28)13-20(30-22)16-8-4-3-5-9-16/h2-11,13,15H,1,12,14H2,(H,25,27). The van der Waals surface area contributed by atoms with E-state index in [4.69, 9.17) is 0 Å². The lowest BCUT2D eigenvalue weighted by Crippen LogP contribution is -2.27. The van der Waals surface area contributed by atoms with E-state index in [0.29, 0.717) is 10.2 Å². The van der Waals surface area contributed by atoms with E-state index in [9.17, 15) is 9.59 Å². The Hall–Kier alpha value is -3.16. The predicted molar refractivity (Wildman–Crippen MR) is 125 cm³/mol. The summed E-state index contributed by atoms with van der Waals surface area (Å²) in [5, 5.41) is 3.42. The Morgan fingerprint density at radius 3 is 2.73 bits per heavy atom. The Morgan fingerprint density at radius 1 is 1.17 bits per heavy atom. The number of para-hydroxylation sites is 1. The molecular weight excluding hydrogens is 414 g/mol. The van der Waals surface area contributed by atoms with Crippen LogP contribution in [0.2, 0.25) is 0 Å². The third-order valence-corrected chi connectivity index (χ3v) is 6.57. The molecule has 1 amide bonds. The summed E-state index contributed by atoms with van der Waals surface area (Å²) in [6.07, 6.45) is 3.25. The molecule has 4 aromatic rings. The Bertz CT molecular complexity index is 1260. The third-order valence-electron chi connectivity index (χ3n) is 4.41. The van der Waals surface area contributed by atoms with Gasteiger partial charge in [-0.05, 0) is 23.8 Å². The quantitative estimate of drug-likeness (QED) is 0.328. The van der Waals surface area contributed by atoms with Crippen molar-refractivity contribution in [3.05, 3.63) is 90.0 Å². The van der Waals surface area contributed by atoms with Gasteiger partial charge in [-0.1, -0.05) is 48.5 Å². The van der Waals surface area contributed by atoms with E-state index >= 15 is 0 Å². The molecule has 2 aromatic heterocycles. The number of anilines is 1. The summed E-state index contributed by atoms with van der Waals surface area (Å²) < 4.78 is 1.35. The van der Waals surface area contributed by atoms with Crippen molar-refractivity contribution >= 4 is 44.9 Å². The minimum Gasteiger partial charge on any atom is -0.324 e. The number of carbonyl (C=O) groups excluding carboxylic acids is 1. The first kappa shape index (κ1) is 20.1. The first-order valence-electron chi connectivity index (χ1n) is 9.32. The van der Waals surface area contributed by atoms with Gasteiger partial charge in [-0.2, -0.15) is 0 Å². The van der Waals surface area contributed by atoms with E-state index < -0.39 is 0 Å². The molecule has 30 heavy (non-hydrogen) atoms. The predicted octanol–water partition coefficient (Wildman–Crippen LogP) is 5.04. The van der Waals surface area contributed by atoms with Gasteiger partial charge in [-0.3, -0.25) is 14.2 Å².